The Morgan fingerprint density at radius 1 is 1.28 bits per heavy atom. The lowest BCUT2D eigenvalue weighted by Gasteiger charge is -2.21. The predicted octanol–water partition coefficient (Wildman–Crippen LogP) is 1.58. The first-order valence-electron chi connectivity index (χ1n) is 7.04. The van der Waals surface area contributed by atoms with Gasteiger partial charge in [-0.3, -0.25) is 0 Å². The zero-order chi connectivity index (χ0) is 12.4. The summed E-state index contributed by atoms with van der Waals surface area (Å²) in [7, 11) is 0. The van der Waals surface area contributed by atoms with E-state index < -0.39 is 0 Å². The number of aliphatic hydroxyl groups is 1. The highest BCUT2D eigenvalue weighted by atomic mass is 16.3. The lowest BCUT2D eigenvalue weighted by atomic mass is 9.99. The van der Waals surface area contributed by atoms with Gasteiger partial charge < -0.3 is 15.7 Å². The van der Waals surface area contributed by atoms with Crippen molar-refractivity contribution in [2.75, 3.05) is 13.1 Å². The van der Waals surface area contributed by atoms with E-state index in [1.807, 2.05) is 0 Å². The van der Waals surface area contributed by atoms with E-state index in [-0.39, 0.29) is 6.10 Å². The topological polar surface area (TPSA) is 44.3 Å². The monoisotopic (exact) mass is 246 g/mol. The average molecular weight is 246 g/mol. The maximum absolute atomic E-state index is 9.96. The van der Waals surface area contributed by atoms with Crippen LogP contribution < -0.4 is 10.6 Å². The molecule has 1 aromatic carbocycles. The highest BCUT2D eigenvalue weighted by molar-refractivity contribution is 5.31. The predicted molar refractivity (Wildman–Crippen MR) is 72.2 cm³/mol. The van der Waals surface area contributed by atoms with Gasteiger partial charge in [-0.25, -0.2) is 0 Å². The fraction of sp³-hybridized carbons (Fsp3) is 0.600. The molecule has 1 heterocycles. The third-order valence-corrected chi connectivity index (χ3v) is 4.10. The van der Waals surface area contributed by atoms with Crippen molar-refractivity contribution < 1.29 is 5.11 Å². The summed E-state index contributed by atoms with van der Waals surface area (Å²) >= 11 is 0. The molecule has 3 N–H and O–H groups in total. The summed E-state index contributed by atoms with van der Waals surface area (Å²) in [6.07, 6.45) is 3.33. The summed E-state index contributed by atoms with van der Waals surface area (Å²) in [5.74, 6) is 0.552. The van der Waals surface area contributed by atoms with Crippen molar-refractivity contribution in [3.63, 3.8) is 0 Å². The van der Waals surface area contributed by atoms with Gasteiger partial charge in [0, 0.05) is 19.1 Å². The fourth-order valence-electron chi connectivity index (χ4n) is 2.78. The molecule has 98 valence electrons. The number of rotatable bonds is 4. The Morgan fingerprint density at radius 3 is 2.94 bits per heavy atom. The minimum Gasteiger partial charge on any atom is -0.392 e. The molecule has 3 nitrogen and oxygen atoms in total. The van der Waals surface area contributed by atoms with Crippen LogP contribution in [0.2, 0.25) is 0 Å². The van der Waals surface area contributed by atoms with E-state index >= 15 is 0 Å². The quantitative estimate of drug-likeness (QED) is 0.756. The number of aliphatic hydroxyl groups excluding tert-OH is 1. The molecule has 1 aliphatic carbocycles. The van der Waals surface area contributed by atoms with Crippen molar-refractivity contribution in [3.05, 3.63) is 35.4 Å². The second-order valence-corrected chi connectivity index (χ2v) is 5.53. The van der Waals surface area contributed by atoms with Crippen molar-refractivity contribution >= 4 is 0 Å². The second kappa shape index (κ2) is 5.39. The largest absolute Gasteiger partial charge is 0.392 e. The van der Waals surface area contributed by atoms with E-state index in [0.717, 1.165) is 26.1 Å². The average Bonchev–Trinajstić information content (AvgIpc) is 3.23. The van der Waals surface area contributed by atoms with Crippen LogP contribution in [-0.2, 0) is 6.54 Å². The van der Waals surface area contributed by atoms with E-state index in [2.05, 4.69) is 34.9 Å². The molecular formula is C15H22N2O. The van der Waals surface area contributed by atoms with Gasteiger partial charge in [0.15, 0.2) is 0 Å². The van der Waals surface area contributed by atoms with Gasteiger partial charge in [-0.15, -0.1) is 0 Å². The Bertz CT molecular complexity index is 403. The van der Waals surface area contributed by atoms with Crippen LogP contribution >= 0.6 is 0 Å². The van der Waals surface area contributed by atoms with E-state index in [9.17, 15) is 5.11 Å². The van der Waals surface area contributed by atoms with Crippen molar-refractivity contribution in [2.24, 2.45) is 5.92 Å². The molecule has 3 rings (SSSR count). The molecule has 0 bridgehead atoms. The third kappa shape index (κ3) is 2.74. The van der Waals surface area contributed by atoms with Crippen LogP contribution in [0.15, 0.2) is 24.3 Å². The standard InChI is InChI=1S/C15H22N2O/c18-15(11-5-6-11)10-17-14-7-8-16-9-12-3-1-2-4-13(12)14/h1-4,11,14-18H,5-10H2. The van der Waals surface area contributed by atoms with Crippen molar-refractivity contribution in [2.45, 2.75) is 38.0 Å². The zero-order valence-corrected chi connectivity index (χ0v) is 10.7. The molecule has 2 unspecified atom stereocenters. The Hall–Kier alpha value is -0.900. The molecule has 0 amide bonds. The van der Waals surface area contributed by atoms with Crippen molar-refractivity contribution in [3.8, 4) is 0 Å². The number of hydrogen-bond acceptors (Lipinski definition) is 3. The van der Waals surface area contributed by atoms with Crippen LogP contribution in [0, 0.1) is 5.92 Å². The van der Waals surface area contributed by atoms with Crippen LogP contribution in [0.3, 0.4) is 0 Å². The van der Waals surface area contributed by atoms with E-state index in [4.69, 9.17) is 0 Å². The van der Waals surface area contributed by atoms with Crippen molar-refractivity contribution in [1.29, 1.82) is 0 Å². The van der Waals surface area contributed by atoms with Gasteiger partial charge in [0.2, 0.25) is 0 Å². The molecule has 3 heteroatoms. The highest BCUT2D eigenvalue weighted by Crippen LogP contribution is 2.32. The first-order chi connectivity index (χ1) is 8.84. The van der Waals surface area contributed by atoms with Crippen molar-refractivity contribution in [1.82, 2.24) is 10.6 Å². The minimum atomic E-state index is -0.159. The summed E-state index contributed by atoms with van der Waals surface area (Å²) in [5, 5.41) is 17.0. The first-order valence-corrected chi connectivity index (χ1v) is 7.04. The summed E-state index contributed by atoms with van der Waals surface area (Å²) in [6.45, 7) is 2.72. The molecule has 18 heavy (non-hydrogen) atoms. The summed E-state index contributed by atoms with van der Waals surface area (Å²) in [4.78, 5) is 0. The van der Waals surface area contributed by atoms with Gasteiger partial charge in [-0.2, -0.15) is 0 Å². The molecular weight excluding hydrogens is 224 g/mol. The minimum absolute atomic E-state index is 0.159. The fourth-order valence-corrected chi connectivity index (χ4v) is 2.78. The first kappa shape index (κ1) is 12.2. The molecule has 0 spiro atoms. The Balaban J connectivity index is 1.67. The Morgan fingerprint density at radius 2 is 2.11 bits per heavy atom. The van der Waals surface area contributed by atoms with Gasteiger partial charge in [0.05, 0.1) is 6.10 Å². The van der Waals surface area contributed by atoms with Crippen LogP contribution in [0.4, 0.5) is 0 Å². The third-order valence-electron chi connectivity index (χ3n) is 4.10. The summed E-state index contributed by atoms with van der Waals surface area (Å²) in [5.41, 5.74) is 2.78. The van der Waals surface area contributed by atoms with Crippen LogP contribution in [0.25, 0.3) is 0 Å². The number of benzene rings is 1. The van der Waals surface area contributed by atoms with Gasteiger partial charge in [0.25, 0.3) is 0 Å². The Kier molecular flexibility index (Phi) is 3.64. The number of fused-ring (bicyclic) bond motifs is 1. The maximum Gasteiger partial charge on any atom is 0.0692 e. The molecule has 0 radical (unpaired) electrons. The van der Waals surface area contributed by atoms with Gasteiger partial charge in [0.1, 0.15) is 0 Å². The molecule has 2 aliphatic rings. The number of hydrogen-bond donors (Lipinski definition) is 3. The summed E-state index contributed by atoms with van der Waals surface area (Å²) < 4.78 is 0. The molecule has 1 saturated carbocycles. The molecule has 1 fully saturated rings. The van der Waals surface area contributed by atoms with E-state index in [1.165, 1.54) is 24.0 Å². The maximum atomic E-state index is 9.96. The molecule has 1 aromatic rings. The lowest BCUT2D eigenvalue weighted by Crippen LogP contribution is -2.32. The second-order valence-electron chi connectivity index (χ2n) is 5.53. The molecule has 0 aromatic heterocycles. The molecule has 2 atom stereocenters. The molecule has 1 aliphatic heterocycles. The zero-order valence-electron chi connectivity index (χ0n) is 10.7. The van der Waals surface area contributed by atoms with E-state index in [1.54, 1.807) is 0 Å². The van der Waals surface area contributed by atoms with Crippen LogP contribution in [-0.4, -0.2) is 24.3 Å². The number of nitrogens with one attached hydrogen (secondary N) is 2. The van der Waals surface area contributed by atoms with Gasteiger partial charge >= 0.3 is 0 Å². The smallest absolute Gasteiger partial charge is 0.0692 e. The highest BCUT2D eigenvalue weighted by Gasteiger charge is 2.30. The van der Waals surface area contributed by atoms with Gasteiger partial charge in [-0.1, -0.05) is 24.3 Å². The normalized spacial score (nSPS) is 25.3. The summed E-state index contributed by atoms with van der Waals surface area (Å²) in [6, 6.07) is 8.99. The Labute approximate surface area is 109 Å². The van der Waals surface area contributed by atoms with Crippen LogP contribution in [0.1, 0.15) is 36.4 Å². The van der Waals surface area contributed by atoms with Crippen LogP contribution in [0.5, 0.6) is 0 Å². The van der Waals surface area contributed by atoms with Gasteiger partial charge in [-0.05, 0) is 42.9 Å². The molecule has 0 saturated heterocycles. The SMILES string of the molecule is OC(CNC1CCNCc2ccccc21)C1CC1. The van der Waals surface area contributed by atoms with E-state index in [0.29, 0.717) is 12.0 Å². The lowest BCUT2D eigenvalue weighted by molar-refractivity contribution is 0.144.